The molecule has 0 heterocycles. The van der Waals surface area contributed by atoms with Gasteiger partial charge in [-0.2, -0.15) is 0 Å². The molecule has 26 heavy (non-hydrogen) atoms. The van der Waals surface area contributed by atoms with E-state index >= 15 is 0 Å². The Kier molecular flexibility index (Phi) is 7.75. The highest BCUT2D eigenvalue weighted by molar-refractivity contribution is 5.80. The zero-order valence-corrected chi connectivity index (χ0v) is 15.8. The van der Waals surface area contributed by atoms with E-state index in [4.69, 9.17) is 14.2 Å². The largest absolute Gasteiger partial charge is 0.497 e. The summed E-state index contributed by atoms with van der Waals surface area (Å²) in [7, 11) is 1.59. The van der Waals surface area contributed by atoms with Gasteiger partial charge in [0, 0.05) is 6.04 Å². The first kappa shape index (κ1) is 20.1. The second kappa shape index (κ2) is 10.0. The molecule has 1 aliphatic rings. The summed E-state index contributed by atoms with van der Waals surface area (Å²) in [6, 6.07) is 7.27. The molecule has 6 heteroatoms. The zero-order chi connectivity index (χ0) is 18.9. The Labute approximate surface area is 155 Å². The highest BCUT2D eigenvalue weighted by Gasteiger charge is 2.28. The van der Waals surface area contributed by atoms with E-state index in [9.17, 15) is 9.59 Å². The molecular weight excluding hydrogens is 334 g/mol. The molecule has 1 saturated carbocycles. The number of amides is 1. The normalized spacial score (nSPS) is 22.3. The third kappa shape index (κ3) is 6.24. The number of methoxy groups -OCH3 is 1. The van der Waals surface area contributed by atoms with Gasteiger partial charge in [-0.1, -0.05) is 26.7 Å². The van der Waals surface area contributed by atoms with Crippen molar-refractivity contribution < 1.29 is 23.8 Å². The fraction of sp³-hybridized carbons (Fsp3) is 0.600. The molecule has 0 aliphatic heterocycles. The Bertz CT molecular complexity index is 586. The van der Waals surface area contributed by atoms with Gasteiger partial charge in [-0.3, -0.25) is 9.59 Å². The summed E-state index contributed by atoms with van der Waals surface area (Å²) in [5, 5.41) is 2.99. The Morgan fingerprint density at radius 2 is 1.81 bits per heavy atom. The van der Waals surface area contributed by atoms with Gasteiger partial charge in [-0.15, -0.1) is 0 Å². The van der Waals surface area contributed by atoms with Gasteiger partial charge in [0.2, 0.25) is 0 Å². The van der Waals surface area contributed by atoms with E-state index in [-0.39, 0.29) is 31.6 Å². The molecule has 0 saturated heterocycles. The van der Waals surface area contributed by atoms with Crippen LogP contribution in [0.15, 0.2) is 24.3 Å². The summed E-state index contributed by atoms with van der Waals surface area (Å²) in [6.45, 7) is 4.34. The van der Waals surface area contributed by atoms with Crippen LogP contribution in [0.1, 0.15) is 39.5 Å². The molecule has 0 bridgehead atoms. The van der Waals surface area contributed by atoms with E-state index in [1.165, 1.54) is 6.42 Å². The van der Waals surface area contributed by atoms with E-state index in [1.807, 2.05) is 0 Å². The van der Waals surface area contributed by atoms with E-state index in [2.05, 4.69) is 19.2 Å². The van der Waals surface area contributed by atoms with Crippen molar-refractivity contribution in [1.82, 2.24) is 5.32 Å². The lowest BCUT2D eigenvalue weighted by atomic mass is 9.78. The van der Waals surface area contributed by atoms with Crippen LogP contribution in [-0.2, 0) is 14.3 Å². The lowest BCUT2D eigenvalue weighted by molar-refractivity contribution is -0.149. The van der Waals surface area contributed by atoms with Crippen LogP contribution in [0.4, 0.5) is 0 Å². The standard InChI is InChI=1S/C20H29NO5/c1-14-5-4-6-18(15(14)2)21-19(22)13-26-20(23)11-12-25-17-9-7-16(24-3)8-10-17/h7-10,14-15,18H,4-6,11-13H2,1-3H3,(H,21,22)/t14-,15+,18-/m0/s1. The van der Waals surface area contributed by atoms with Crippen LogP contribution < -0.4 is 14.8 Å². The molecule has 1 fully saturated rings. The van der Waals surface area contributed by atoms with Crippen LogP contribution >= 0.6 is 0 Å². The Morgan fingerprint density at radius 3 is 2.50 bits per heavy atom. The summed E-state index contributed by atoms with van der Waals surface area (Å²) in [4.78, 5) is 23.7. The molecule has 1 N–H and O–H groups in total. The number of benzene rings is 1. The molecule has 1 aromatic carbocycles. The van der Waals surface area contributed by atoms with Crippen LogP contribution in [0.25, 0.3) is 0 Å². The first-order valence-electron chi connectivity index (χ1n) is 9.21. The minimum absolute atomic E-state index is 0.0934. The predicted octanol–water partition coefficient (Wildman–Crippen LogP) is 2.95. The third-order valence-corrected chi connectivity index (χ3v) is 5.05. The average molecular weight is 363 g/mol. The monoisotopic (exact) mass is 363 g/mol. The van der Waals surface area contributed by atoms with Gasteiger partial charge in [-0.05, 0) is 42.5 Å². The summed E-state index contributed by atoms with van der Waals surface area (Å²) >= 11 is 0. The van der Waals surface area contributed by atoms with Crippen molar-refractivity contribution in [2.45, 2.75) is 45.6 Å². The maximum Gasteiger partial charge on any atom is 0.309 e. The number of carbonyl (C=O) groups is 2. The minimum atomic E-state index is -0.446. The Morgan fingerprint density at radius 1 is 1.12 bits per heavy atom. The fourth-order valence-corrected chi connectivity index (χ4v) is 3.18. The summed E-state index contributed by atoms with van der Waals surface area (Å²) < 4.78 is 15.6. The second-order valence-corrected chi connectivity index (χ2v) is 6.88. The zero-order valence-electron chi connectivity index (χ0n) is 15.8. The van der Waals surface area contributed by atoms with Gasteiger partial charge in [0.15, 0.2) is 6.61 Å². The number of hydrogen-bond donors (Lipinski definition) is 1. The van der Waals surface area contributed by atoms with E-state index in [0.717, 1.165) is 18.6 Å². The van der Waals surface area contributed by atoms with Crippen LogP contribution in [0.2, 0.25) is 0 Å². The summed E-state index contributed by atoms with van der Waals surface area (Å²) in [6.07, 6.45) is 3.41. The SMILES string of the molecule is COc1ccc(OCCC(=O)OCC(=O)N[C@H]2CCC[C@H](C)[C@H]2C)cc1. The lowest BCUT2D eigenvalue weighted by Crippen LogP contribution is -2.45. The molecule has 0 aromatic heterocycles. The lowest BCUT2D eigenvalue weighted by Gasteiger charge is -2.34. The molecule has 1 amide bonds. The number of ether oxygens (including phenoxy) is 3. The molecule has 0 radical (unpaired) electrons. The highest BCUT2D eigenvalue weighted by atomic mass is 16.5. The topological polar surface area (TPSA) is 73.9 Å². The number of rotatable bonds is 8. The number of esters is 1. The third-order valence-electron chi connectivity index (χ3n) is 5.05. The van der Waals surface area contributed by atoms with E-state index < -0.39 is 5.97 Å². The van der Waals surface area contributed by atoms with E-state index in [0.29, 0.717) is 17.6 Å². The Balaban J connectivity index is 1.62. The number of nitrogens with one attached hydrogen (secondary N) is 1. The quantitative estimate of drug-likeness (QED) is 0.719. The molecule has 1 aliphatic carbocycles. The molecular formula is C20H29NO5. The maximum atomic E-state index is 12.0. The van der Waals surface area contributed by atoms with Gasteiger partial charge < -0.3 is 19.5 Å². The average Bonchev–Trinajstić information content (AvgIpc) is 2.64. The van der Waals surface area contributed by atoms with E-state index in [1.54, 1.807) is 31.4 Å². The molecule has 2 rings (SSSR count). The van der Waals surface area contributed by atoms with Crippen molar-refractivity contribution in [2.75, 3.05) is 20.3 Å². The van der Waals surface area contributed by atoms with Gasteiger partial charge in [0.1, 0.15) is 11.5 Å². The molecule has 144 valence electrons. The smallest absolute Gasteiger partial charge is 0.309 e. The summed E-state index contributed by atoms with van der Waals surface area (Å²) in [5.74, 6) is 1.76. The first-order valence-corrected chi connectivity index (χ1v) is 9.21. The van der Waals surface area contributed by atoms with Gasteiger partial charge in [-0.25, -0.2) is 0 Å². The molecule has 1 aromatic rings. The fourth-order valence-electron chi connectivity index (χ4n) is 3.18. The van der Waals surface area contributed by atoms with Crippen LogP contribution in [0, 0.1) is 11.8 Å². The van der Waals surface area contributed by atoms with Gasteiger partial charge in [0.25, 0.3) is 5.91 Å². The molecule has 0 unspecified atom stereocenters. The van der Waals surface area contributed by atoms with Crippen LogP contribution in [0.3, 0.4) is 0 Å². The molecule has 3 atom stereocenters. The van der Waals surface area contributed by atoms with Crippen molar-refractivity contribution in [3.63, 3.8) is 0 Å². The van der Waals surface area contributed by atoms with Gasteiger partial charge >= 0.3 is 5.97 Å². The highest BCUT2D eigenvalue weighted by Crippen LogP contribution is 2.29. The van der Waals surface area contributed by atoms with Gasteiger partial charge in [0.05, 0.1) is 20.1 Å². The first-order chi connectivity index (χ1) is 12.5. The molecule has 0 spiro atoms. The van der Waals surface area contributed by atoms with Crippen molar-refractivity contribution in [1.29, 1.82) is 0 Å². The number of carbonyl (C=O) groups excluding carboxylic acids is 2. The second-order valence-electron chi connectivity index (χ2n) is 6.88. The Hall–Kier alpha value is -2.24. The maximum absolute atomic E-state index is 12.0. The predicted molar refractivity (Wildman–Crippen MR) is 98.2 cm³/mol. The van der Waals surface area contributed by atoms with Crippen LogP contribution in [0.5, 0.6) is 11.5 Å². The van der Waals surface area contributed by atoms with Crippen molar-refractivity contribution in [3.8, 4) is 11.5 Å². The van der Waals surface area contributed by atoms with Crippen LogP contribution in [-0.4, -0.2) is 38.2 Å². The summed E-state index contributed by atoms with van der Waals surface area (Å²) in [5.41, 5.74) is 0. The minimum Gasteiger partial charge on any atom is -0.497 e. The van der Waals surface area contributed by atoms with Crippen molar-refractivity contribution in [3.05, 3.63) is 24.3 Å². The number of hydrogen-bond acceptors (Lipinski definition) is 5. The van der Waals surface area contributed by atoms with Crippen molar-refractivity contribution in [2.24, 2.45) is 11.8 Å². The molecule has 6 nitrogen and oxygen atoms in total. The van der Waals surface area contributed by atoms with Crippen molar-refractivity contribution >= 4 is 11.9 Å².